The Morgan fingerprint density at radius 2 is 1.97 bits per heavy atom. The summed E-state index contributed by atoms with van der Waals surface area (Å²) in [5, 5.41) is 4.81. The maximum absolute atomic E-state index is 13.3. The highest BCUT2D eigenvalue weighted by Crippen LogP contribution is 2.33. The van der Waals surface area contributed by atoms with Crippen LogP contribution in [0.25, 0.3) is 10.9 Å². The molecule has 5 rings (SSSR count). The highest BCUT2D eigenvalue weighted by Gasteiger charge is 2.22. The van der Waals surface area contributed by atoms with Crippen LogP contribution in [0.1, 0.15) is 64.8 Å². The van der Waals surface area contributed by atoms with Crippen LogP contribution in [-0.4, -0.2) is 34.2 Å². The van der Waals surface area contributed by atoms with Crippen molar-refractivity contribution in [1.29, 1.82) is 0 Å². The molecule has 0 radical (unpaired) electrons. The first kappa shape index (κ1) is 23.9. The van der Waals surface area contributed by atoms with Gasteiger partial charge in [0.25, 0.3) is 5.56 Å². The second-order valence-electron chi connectivity index (χ2n) is 9.87. The molecule has 1 saturated carbocycles. The van der Waals surface area contributed by atoms with E-state index in [0.29, 0.717) is 35.1 Å². The molecule has 2 aromatic heterocycles. The molecule has 3 heterocycles. The van der Waals surface area contributed by atoms with E-state index < -0.39 is 0 Å². The molecule has 0 bridgehead atoms. The van der Waals surface area contributed by atoms with Crippen LogP contribution in [0.3, 0.4) is 0 Å². The summed E-state index contributed by atoms with van der Waals surface area (Å²) < 4.78 is 7.70. The van der Waals surface area contributed by atoms with Gasteiger partial charge in [0.05, 0.1) is 18.3 Å². The number of halogens is 1. The Morgan fingerprint density at radius 3 is 2.74 bits per heavy atom. The zero-order valence-corrected chi connectivity index (χ0v) is 21.4. The molecule has 0 amide bonds. The van der Waals surface area contributed by atoms with Crippen molar-refractivity contribution in [2.45, 2.75) is 64.8 Å². The van der Waals surface area contributed by atoms with E-state index in [1.165, 1.54) is 12.8 Å². The van der Waals surface area contributed by atoms with Crippen molar-refractivity contribution in [1.82, 2.24) is 14.5 Å². The summed E-state index contributed by atoms with van der Waals surface area (Å²) in [6.07, 6.45) is 9.65. The number of nitrogens with zero attached hydrogens (tertiary/aromatic N) is 4. The van der Waals surface area contributed by atoms with Crippen LogP contribution < -0.4 is 20.5 Å². The van der Waals surface area contributed by atoms with Gasteiger partial charge in [0.15, 0.2) is 11.6 Å². The lowest BCUT2D eigenvalue weighted by Crippen LogP contribution is -2.35. The maximum atomic E-state index is 13.3. The normalized spacial score (nSPS) is 19.2. The molecular weight excluding hydrogens is 462 g/mol. The van der Waals surface area contributed by atoms with Crippen LogP contribution in [0.2, 0.25) is 5.02 Å². The average molecular weight is 496 g/mol. The number of benzene rings is 1. The molecule has 1 unspecified atom stereocenters. The molecule has 186 valence electrons. The number of hydrogen-bond acceptors (Lipinski definition) is 6. The van der Waals surface area contributed by atoms with E-state index in [1.807, 2.05) is 35.8 Å². The topological polar surface area (TPSA) is 72.3 Å². The van der Waals surface area contributed by atoms with Crippen molar-refractivity contribution >= 4 is 40.0 Å². The number of nitrogens with one attached hydrogen (secondary N) is 1. The van der Waals surface area contributed by atoms with Crippen molar-refractivity contribution in [2.75, 3.05) is 29.9 Å². The predicted molar refractivity (Wildman–Crippen MR) is 142 cm³/mol. The van der Waals surface area contributed by atoms with Crippen molar-refractivity contribution < 1.29 is 4.74 Å². The summed E-state index contributed by atoms with van der Waals surface area (Å²) in [6, 6.07) is 8.11. The molecular formula is C27H34ClN5O2. The van der Waals surface area contributed by atoms with Gasteiger partial charge in [-0.25, -0.2) is 4.98 Å². The van der Waals surface area contributed by atoms with Gasteiger partial charge in [0.2, 0.25) is 5.95 Å². The summed E-state index contributed by atoms with van der Waals surface area (Å²) in [7, 11) is 0. The Hall–Kier alpha value is -2.80. The van der Waals surface area contributed by atoms with Gasteiger partial charge in [-0.3, -0.25) is 4.79 Å². The third kappa shape index (κ3) is 5.10. The molecule has 3 aromatic rings. The van der Waals surface area contributed by atoms with Crippen molar-refractivity contribution in [3.8, 4) is 5.75 Å². The number of anilines is 3. The Balaban J connectivity index is 1.49. The monoisotopic (exact) mass is 495 g/mol. The van der Waals surface area contributed by atoms with Crippen molar-refractivity contribution in [3.63, 3.8) is 0 Å². The highest BCUT2D eigenvalue weighted by atomic mass is 35.5. The lowest BCUT2D eigenvalue weighted by Gasteiger charge is -2.31. The molecule has 1 N–H and O–H groups in total. The van der Waals surface area contributed by atoms with E-state index >= 15 is 0 Å². The van der Waals surface area contributed by atoms with Gasteiger partial charge < -0.3 is 19.5 Å². The van der Waals surface area contributed by atoms with Gasteiger partial charge in [0.1, 0.15) is 5.02 Å². The van der Waals surface area contributed by atoms with Crippen molar-refractivity contribution in [3.05, 3.63) is 45.8 Å². The van der Waals surface area contributed by atoms with Crippen LogP contribution in [0.5, 0.6) is 5.75 Å². The minimum Gasteiger partial charge on any atom is -0.488 e. The molecule has 7 nitrogen and oxygen atoms in total. The van der Waals surface area contributed by atoms with E-state index in [4.69, 9.17) is 21.3 Å². The second-order valence-corrected chi connectivity index (χ2v) is 10.3. The Labute approximate surface area is 211 Å². The van der Waals surface area contributed by atoms with Crippen LogP contribution in [0.4, 0.5) is 17.5 Å². The zero-order chi connectivity index (χ0) is 24.4. The number of aromatic nitrogens is 3. The van der Waals surface area contributed by atoms with E-state index in [9.17, 15) is 4.79 Å². The Morgan fingerprint density at radius 1 is 1.14 bits per heavy atom. The fraction of sp³-hybridized carbons (Fsp3) is 0.519. The van der Waals surface area contributed by atoms with Crippen LogP contribution >= 0.6 is 11.6 Å². The number of piperidine rings is 1. The number of pyridine rings is 1. The third-order valence-electron chi connectivity index (χ3n) is 7.18. The van der Waals surface area contributed by atoms with Gasteiger partial charge in [-0.15, -0.1) is 0 Å². The first-order valence-corrected chi connectivity index (χ1v) is 13.3. The minimum atomic E-state index is -0.0359. The van der Waals surface area contributed by atoms with Gasteiger partial charge in [-0.2, -0.15) is 4.98 Å². The molecule has 1 saturated heterocycles. The lowest BCUT2D eigenvalue weighted by molar-refractivity contribution is 0.317. The third-order valence-corrected chi connectivity index (χ3v) is 7.45. The van der Waals surface area contributed by atoms with Crippen LogP contribution in [-0.2, 0) is 0 Å². The molecule has 1 aromatic carbocycles. The van der Waals surface area contributed by atoms with E-state index in [-0.39, 0.29) is 11.6 Å². The molecule has 8 heteroatoms. The minimum absolute atomic E-state index is 0.0359. The van der Waals surface area contributed by atoms with Gasteiger partial charge in [0, 0.05) is 30.2 Å². The van der Waals surface area contributed by atoms with Crippen LogP contribution in [0, 0.1) is 5.92 Å². The lowest BCUT2D eigenvalue weighted by atomic mass is 9.94. The first-order valence-electron chi connectivity index (χ1n) is 12.9. The van der Waals surface area contributed by atoms with Gasteiger partial charge in [-0.1, -0.05) is 37.8 Å². The number of ether oxygens (including phenoxy) is 1. The predicted octanol–water partition coefficient (Wildman–Crippen LogP) is 6.33. The maximum Gasteiger partial charge on any atom is 0.293 e. The fourth-order valence-corrected chi connectivity index (χ4v) is 5.60. The average Bonchev–Trinajstić information content (AvgIpc) is 2.87. The largest absolute Gasteiger partial charge is 0.488 e. The van der Waals surface area contributed by atoms with Gasteiger partial charge in [-0.05, 0) is 62.8 Å². The molecule has 2 fully saturated rings. The van der Waals surface area contributed by atoms with Crippen LogP contribution in [0.15, 0.2) is 35.3 Å². The summed E-state index contributed by atoms with van der Waals surface area (Å²) in [4.78, 5) is 24.7. The molecule has 0 spiro atoms. The standard InChI is InChI=1S/C27H34ClN5O2/c1-3-35-24-15-19-14-20(11-12-23(19)33(26(24)34)21-9-5-4-6-10-21)30-25-22(28)16-29-27(31-25)32-13-7-8-18(2)17-32/h11-12,14-16,18,21H,3-10,13,17H2,1-2H3,(H,29,30,31). The highest BCUT2D eigenvalue weighted by molar-refractivity contribution is 6.32. The van der Waals surface area contributed by atoms with E-state index in [0.717, 1.165) is 61.8 Å². The molecule has 1 atom stereocenters. The Kier molecular flexibility index (Phi) is 7.14. The second kappa shape index (κ2) is 10.4. The van der Waals surface area contributed by atoms with Gasteiger partial charge >= 0.3 is 0 Å². The number of fused-ring (bicyclic) bond motifs is 1. The summed E-state index contributed by atoms with van der Waals surface area (Å²) >= 11 is 6.47. The number of rotatable bonds is 6. The molecule has 1 aliphatic carbocycles. The quantitative estimate of drug-likeness (QED) is 0.431. The molecule has 35 heavy (non-hydrogen) atoms. The zero-order valence-electron chi connectivity index (χ0n) is 20.6. The smallest absolute Gasteiger partial charge is 0.293 e. The van der Waals surface area contributed by atoms with E-state index in [2.05, 4.69) is 22.1 Å². The SMILES string of the molecule is CCOc1cc2cc(Nc3nc(N4CCCC(C)C4)ncc3Cl)ccc2n(C2CCCCC2)c1=O. The summed E-state index contributed by atoms with van der Waals surface area (Å²) in [6.45, 7) is 6.54. The first-order chi connectivity index (χ1) is 17.0. The molecule has 1 aliphatic heterocycles. The van der Waals surface area contributed by atoms with E-state index in [1.54, 1.807) is 6.20 Å². The summed E-state index contributed by atoms with van der Waals surface area (Å²) in [5.74, 6) is 2.32. The fourth-order valence-electron chi connectivity index (χ4n) is 5.46. The molecule has 2 aliphatic rings. The van der Waals surface area contributed by atoms with Crippen molar-refractivity contribution in [2.24, 2.45) is 5.92 Å². The summed E-state index contributed by atoms with van der Waals surface area (Å²) in [5.41, 5.74) is 1.76. The number of hydrogen-bond donors (Lipinski definition) is 1. The Bertz CT molecular complexity index is 1250.